The van der Waals surface area contributed by atoms with Crippen LogP contribution in [0, 0.1) is 11.8 Å². The molecule has 0 saturated heterocycles. The summed E-state index contributed by atoms with van der Waals surface area (Å²) in [5.74, 6) is 4.96. The van der Waals surface area contributed by atoms with E-state index >= 15 is 0 Å². The van der Waals surface area contributed by atoms with Crippen LogP contribution in [0.3, 0.4) is 0 Å². The van der Waals surface area contributed by atoms with Crippen LogP contribution in [0.4, 0.5) is 0 Å². The number of rotatable bonds is 1. The third-order valence-electron chi connectivity index (χ3n) is 0.641. The van der Waals surface area contributed by atoms with Crippen molar-refractivity contribution >= 4 is 6.29 Å². The van der Waals surface area contributed by atoms with Crippen LogP contribution < -0.4 is 11.5 Å². The Balaban J connectivity index is 4.00. The van der Waals surface area contributed by atoms with E-state index in [2.05, 4.69) is 11.8 Å². The summed E-state index contributed by atoms with van der Waals surface area (Å²) in [7, 11) is 0. The van der Waals surface area contributed by atoms with Gasteiger partial charge in [-0.1, -0.05) is 11.8 Å². The Labute approximate surface area is 53.7 Å². The minimum Gasteiger partial charge on any atom is -0.404 e. The first-order valence-corrected chi connectivity index (χ1v) is 2.41. The Morgan fingerprint density at radius 2 is 2.33 bits per heavy atom. The molecule has 0 aromatic heterocycles. The molecule has 0 spiro atoms. The lowest BCUT2D eigenvalue weighted by Crippen LogP contribution is -1.94. The molecule has 9 heavy (non-hydrogen) atoms. The number of hydrogen-bond donors (Lipinski definition) is 2. The number of carbonyl (C=O) groups is 1. The van der Waals surface area contributed by atoms with Gasteiger partial charge < -0.3 is 11.5 Å². The zero-order valence-electron chi connectivity index (χ0n) is 4.92. The van der Waals surface area contributed by atoms with Crippen LogP contribution in [0.1, 0.15) is 0 Å². The molecule has 3 nitrogen and oxygen atoms in total. The molecule has 0 aliphatic rings. The van der Waals surface area contributed by atoms with Gasteiger partial charge in [0.05, 0.1) is 12.1 Å². The van der Waals surface area contributed by atoms with E-state index < -0.39 is 0 Å². The maximum Gasteiger partial charge on any atom is 0.159 e. The maximum absolute atomic E-state index is 9.95. The molecule has 0 radical (unpaired) electrons. The largest absolute Gasteiger partial charge is 0.404 e. The summed E-state index contributed by atoms with van der Waals surface area (Å²) in [6.45, 7) is 0.241. The van der Waals surface area contributed by atoms with Crippen molar-refractivity contribution in [3.63, 3.8) is 0 Å². The first-order valence-electron chi connectivity index (χ1n) is 2.41. The van der Waals surface area contributed by atoms with Crippen LogP contribution in [0.15, 0.2) is 11.8 Å². The molecule has 0 bridgehead atoms. The highest BCUT2D eigenvalue weighted by molar-refractivity contribution is 5.79. The highest BCUT2D eigenvalue weighted by atomic mass is 16.1. The normalized spacial score (nSPS) is 9.67. The van der Waals surface area contributed by atoms with Crippen molar-refractivity contribution in [3.05, 3.63) is 11.8 Å². The highest BCUT2D eigenvalue weighted by Gasteiger charge is 1.81. The fourth-order valence-electron chi connectivity index (χ4n) is 0.264. The van der Waals surface area contributed by atoms with Gasteiger partial charge in [-0.25, -0.2) is 0 Å². The highest BCUT2D eigenvalue weighted by Crippen LogP contribution is 1.78. The van der Waals surface area contributed by atoms with Crippen LogP contribution in [-0.2, 0) is 4.79 Å². The molecule has 0 aliphatic carbocycles. The summed E-state index contributed by atoms with van der Waals surface area (Å²) in [5.41, 5.74) is 10.3. The minimum absolute atomic E-state index is 0.241. The third kappa shape index (κ3) is 3.32. The van der Waals surface area contributed by atoms with Crippen LogP contribution >= 0.6 is 0 Å². The second-order valence-electron chi connectivity index (χ2n) is 1.25. The molecular formula is C6H8N2O. The van der Waals surface area contributed by atoms with Gasteiger partial charge in [0.2, 0.25) is 0 Å². The number of carbonyl (C=O) groups excluding carboxylic acids is 1. The van der Waals surface area contributed by atoms with Crippen molar-refractivity contribution in [2.45, 2.75) is 0 Å². The number of nitrogens with two attached hydrogens (primary N) is 2. The summed E-state index contributed by atoms with van der Waals surface area (Å²) in [6.07, 6.45) is 1.73. The van der Waals surface area contributed by atoms with Gasteiger partial charge in [0.25, 0.3) is 0 Å². The van der Waals surface area contributed by atoms with Crippen LogP contribution in [-0.4, -0.2) is 12.8 Å². The number of allylic oxidation sites excluding steroid dienone is 1. The average Bonchev–Trinajstić information content (AvgIpc) is 1.91. The fourth-order valence-corrected chi connectivity index (χ4v) is 0.264. The predicted molar refractivity (Wildman–Crippen MR) is 35.2 cm³/mol. The zero-order valence-corrected chi connectivity index (χ0v) is 4.92. The molecule has 48 valence electrons. The standard InChI is InChI=1S/C6H8N2O/c7-3-1-2-6(4-8)5-9/h4-5H,3,7-8H2/b6-4-. The van der Waals surface area contributed by atoms with Crippen molar-refractivity contribution in [3.8, 4) is 11.8 Å². The summed E-state index contributed by atoms with van der Waals surface area (Å²) >= 11 is 0. The Hall–Kier alpha value is -1.27. The summed E-state index contributed by atoms with van der Waals surface area (Å²) in [4.78, 5) is 9.95. The van der Waals surface area contributed by atoms with Gasteiger partial charge in [-0.3, -0.25) is 4.79 Å². The van der Waals surface area contributed by atoms with Crippen molar-refractivity contribution in [1.82, 2.24) is 0 Å². The zero-order chi connectivity index (χ0) is 7.11. The van der Waals surface area contributed by atoms with Crippen LogP contribution in [0.25, 0.3) is 0 Å². The lowest BCUT2D eigenvalue weighted by atomic mass is 10.3. The van der Waals surface area contributed by atoms with E-state index in [1.807, 2.05) is 0 Å². The van der Waals surface area contributed by atoms with Crippen LogP contribution in [0.2, 0.25) is 0 Å². The van der Waals surface area contributed by atoms with E-state index in [9.17, 15) is 4.79 Å². The predicted octanol–water partition coefficient (Wildman–Crippen LogP) is -1.01. The van der Waals surface area contributed by atoms with E-state index in [1.165, 1.54) is 0 Å². The van der Waals surface area contributed by atoms with E-state index in [4.69, 9.17) is 11.5 Å². The van der Waals surface area contributed by atoms with E-state index in [0.717, 1.165) is 6.20 Å². The molecule has 0 fully saturated rings. The van der Waals surface area contributed by atoms with Gasteiger partial charge in [-0.15, -0.1) is 0 Å². The second kappa shape index (κ2) is 4.88. The Kier molecular flexibility index (Phi) is 4.19. The number of aldehydes is 1. The molecule has 0 aromatic carbocycles. The number of hydrogen-bond acceptors (Lipinski definition) is 3. The molecule has 3 heteroatoms. The Morgan fingerprint density at radius 1 is 1.67 bits per heavy atom. The van der Waals surface area contributed by atoms with Crippen molar-refractivity contribution < 1.29 is 4.79 Å². The second-order valence-corrected chi connectivity index (χ2v) is 1.25. The van der Waals surface area contributed by atoms with E-state index in [1.54, 1.807) is 0 Å². The third-order valence-corrected chi connectivity index (χ3v) is 0.641. The lowest BCUT2D eigenvalue weighted by Gasteiger charge is -1.78. The molecule has 0 atom stereocenters. The Bertz CT molecular complexity index is 173. The molecular weight excluding hydrogens is 116 g/mol. The first-order chi connectivity index (χ1) is 4.35. The smallest absolute Gasteiger partial charge is 0.159 e. The molecule has 0 amide bonds. The lowest BCUT2D eigenvalue weighted by molar-refractivity contribution is -0.104. The minimum atomic E-state index is 0.241. The average molecular weight is 124 g/mol. The van der Waals surface area contributed by atoms with Gasteiger partial charge in [-0.05, 0) is 0 Å². The first kappa shape index (κ1) is 7.73. The van der Waals surface area contributed by atoms with Gasteiger partial charge in [0, 0.05) is 6.20 Å². The molecule has 0 saturated carbocycles. The summed E-state index contributed by atoms with van der Waals surface area (Å²) in [6, 6.07) is 0. The van der Waals surface area contributed by atoms with Crippen molar-refractivity contribution in [1.29, 1.82) is 0 Å². The summed E-state index contributed by atoms with van der Waals surface area (Å²) in [5, 5.41) is 0. The van der Waals surface area contributed by atoms with Crippen molar-refractivity contribution in [2.24, 2.45) is 11.5 Å². The summed E-state index contributed by atoms with van der Waals surface area (Å²) < 4.78 is 0. The monoisotopic (exact) mass is 124 g/mol. The molecule has 0 heterocycles. The van der Waals surface area contributed by atoms with Gasteiger partial charge in [0.15, 0.2) is 6.29 Å². The topological polar surface area (TPSA) is 69.1 Å². The fraction of sp³-hybridized carbons (Fsp3) is 0.167. The Morgan fingerprint density at radius 3 is 2.67 bits per heavy atom. The van der Waals surface area contributed by atoms with E-state index in [0.29, 0.717) is 6.29 Å². The maximum atomic E-state index is 9.95. The quantitative estimate of drug-likeness (QED) is 0.267. The van der Waals surface area contributed by atoms with E-state index in [-0.39, 0.29) is 12.1 Å². The molecule has 4 N–H and O–H groups in total. The molecule has 0 rings (SSSR count). The molecule has 0 aliphatic heterocycles. The van der Waals surface area contributed by atoms with Gasteiger partial charge in [-0.2, -0.15) is 0 Å². The van der Waals surface area contributed by atoms with Crippen molar-refractivity contribution in [2.75, 3.05) is 6.54 Å². The SMILES string of the molecule is N/C=C(/C#CCN)C=O. The van der Waals surface area contributed by atoms with Gasteiger partial charge >= 0.3 is 0 Å². The van der Waals surface area contributed by atoms with Gasteiger partial charge in [0.1, 0.15) is 0 Å². The molecule has 0 unspecified atom stereocenters. The van der Waals surface area contributed by atoms with Crippen LogP contribution in [0.5, 0.6) is 0 Å². The molecule has 0 aromatic rings.